The molecule has 0 aliphatic carbocycles. The first-order chi connectivity index (χ1) is 13.9. The average molecular weight is 432 g/mol. The summed E-state index contributed by atoms with van der Waals surface area (Å²) in [7, 11) is -1.28. The molecule has 0 fully saturated rings. The zero-order valence-electron chi connectivity index (χ0n) is 16.2. The van der Waals surface area contributed by atoms with Gasteiger partial charge < -0.3 is 14.5 Å². The van der Waals surface area contributed by atoms with Crippen molar-refractivity contribution in [3.05, 3.63) is 82.8 Å². The van der Waals surface area contributed by atoms with Gasteiger partial charge in [-0.2, -0.15) is 0 Å². The van der Waals surface area contributed by atoms with Gasteiger partial charge in [-0.25, -0.2) is 0 Å². The van der Waals surface area contributed by atoms with Crippen molar-refractivity contribution in [3.63, 3.8) is 0 Å². The van der Waals surface area contributed by atoms with Crippen LogP contribution >= 0.6 is 11.6 Å². The monoisotopic (exact) mass is 431 g/mol. The van der Waals surface area contributed by atoms with Crippen molar-refractivity contribution in [2.45, 2.75) is 37.1 Å². The number of benzene rings is 2. The highest BCUT2D eigenvalue weighted by Gasteiger charge is 2.14. The first-order valence-corrected chi connectivity index (χ1v) is 10.9. The predicted octanol–water partition coefficient (Wildman–Crippen LogP) is 4.96. The minimum absolute atomic E-state index is 0.114. The van der Waals surface area contributed by atoms with Crippen LogP contribution in [-0.4, -0.2) is 16.2 Å². The Kier molecular flexibility index (Phi) is 7.12. The zero-order valence-corrected chi connectivity index (χ0v) is 17.8. The van der Waals surface area contributed by atoms with Crippen molar-refractivity contribution in [1.29, 1.82) is 0 Å². The Morgan fingerprint density at radius 1 is 1.07 bits per heavy atom. The predicted molar refractivity (Wildman–Crippen MR) is 114 cm³/mol. The number of hydrogen-bond donors (Lipinski definition) is 1. The van der Waals surface area contributed by atoms with Gasteiger partial charge in [0.15, 0.2) is 5.76 Å². The molecular weight excluding hydrogens is 410 g/mol. The lowest BCUT2D eigenvalue weighted by atomic mass is 10.2. The van der Waals surface area contributed by atoms with Gasteiger partial charge in [0.25, 0.3) is 5.91 Å². The van der Waals surface area contributed by atoms with Crippen LogP contribution in [-0.2, 0) is 23.1 Å². The molecular formula is C22H22ClNO4S. The lowest BCUT2D eigenvalue weighted by Gasteiger charge is -2.10. The Hall–Kier alpha value is -2.57. The van der Waals surface area contributed by atoms with E-state index in [0.717, 1.165) is 11.3 Å². The number of rotatable bonds is 8. The SMILES string of the molecule is CC(C)Oc1ccc(CNC(=O)c2ccc(CS(=O)c3ccc(Cl)cc3)o2)cc1. The minimum Gasteiger partial charge on any atom is -0.491 e. The number of ether oxygens (including phenoxy) is 1. The summed E-state index contributed by atoms with van der Waals surface area (Å²) in [5.74, 6) is 1.33. The maximum Gasteiger partial charge on any atom is 0.287 e. The van der Waals surface area contributed by atoms with E-state index in [2.05, 4.69) is 5.32 Å². The summed E-state index contributed by atoms with van der Waals surface area (Å²) in [5, 5.41) is 3.40. The third kappa shape index (κ3) is 6.21. The highest BCUT2D eigenvalue weighted by atomic mass is 35.5. The first-order valence-electron chi connectivity index (χ1n) is 9.17. The summed E-state index contributed by atoms with van der Waals surface area (Å²) in [6.07, 6.45) is 0.114. The Morgan fingerprint density at radius 3 is 2.41 bits per heavy atom. The van der Waals surface area contributed by atoms with Gasteiger partial charge in [0, 0.05) is 16.5 Å². The molecule has 1 amide bonds. The standard InChI is InChI=1S/C22H22ClNO4S/c1-15(2)27-18-7-3-16(4-8-18)13-24-22(25)21-12-9-19(28-21)14-29(26)20-10-5-17(23)6-11-20/h3-12,15H,13-14H2,1-2H3,(H,24,25). The summed E-state index contributed by atoms with van der Waals surface area (Å²) in [6.45, 7) is 4.31. The van der Waals surface area contributed by atoms with Crippen LogP contribution in [0.4, 0.5) is 0 Å². The number of carbonyl (C=O) groups excluding carboxylic acids is 1. The van der Waals surface area contributed by atoms with Gasteiger partial charge in [-0.15, -0.1) is 0 Å². The largest absolute Gasteiger partial charge is 0.491 e. The molecule has 0 saturated heterocycles. The maximum atomic E-state index is 12.4. The van der Waals surface area contributed by atoms with Crippen molar-refractivity contribution in [2.24, 2.45) is 0 Å². The summed E-state index contributed by atoms with van der Waals surface area (Å²) >= 11 is 5.85. The molecule has 0 spiro atoms. The number of halogens is 1. The molecule has 0 aliphatic rings. The second-order valence-corrected chi connectivity index (χ2v) is 8.59. The summed E-state index contributed by atoms with van der Waals surface area (Å²) in [4.78, 5) is 13.0. The fourth-order valence-corrected chi connectivity index (χ4v) is 3.75. The minimum atomic E-state index is -1.28. The van der Waals surface area contributed by atoms with E-state index >= 15 is 0 Å². The van der Waals surface area contributed by atoms with E-state index in [-0.39, 0.29) is 23.5 Å². The van der Waals surface area contributed by atoms with Gasteiger partial charge in [-0.3, -0.25) is 9.00 Å². The number of amides is 1. The van der Waals surface area contributed by atoms with Crippen LogP contribution in [0.5, 0.6) is 5.75 Å². The molecule has 1 aromatic heterocycles. The second-order valence-electron chi connectivity index (χ2n) is 6.70. The van der Waals surface area contributed by atoms with E-state index in [4.69, 9.17) is 20.8 Å². The summed E-state index contributed by atoms with van der Waals surface area (Å²) in [6, 6.07) is 17.6. The molecule has 1 atom stereocenters. The van der Waals surface area contributed by atoms with Gasteiger partial charge in [0.1, 0.15) is 11.5 Å². The molecule has 0 aliphatic heterocycles. The molecule has 0 bridgehead atoms. The van der Waals surface area contributed by atoms with E-state index in [1.165, 1.54) is 0 Å². The zero-order chi connectivity index (χ0) is 20.8. The van der Waals surface area contributed by atoms with E-state index in [1.807, 2.05) is 38.1 Å². The Bertz CT molecular complexity index is 981. The molecule has 5 nitrogen and oxygen atoms in total. The van der Waals surface area contributed by atoms with Crippen LogP contribution in [0.1, 0.15) is 35.7 Å². The molecule has 0 radical (unpaired) electrons. The van der Waals surface area contributed by atoms with Gasteiger partial charge in [-0.05, 0) is 67.9 Å². The fourth-order valence-electron chi connectivity index (χ4n) is 2.60. The molecule has 29 heavy (non-hydrogen) atoms. The highest BCUT2D eigenvalue weighted by molar-refractivity contribution is 7.84. The highest BCUT2D eigenvalue weighted by Crippen LogP contribution is 2.18. The Labute approximate surface area is 177 Å². The average Bonchev–Trinajstić information content (AvgIpc) is 3.16. The van der Waals surface area contributed by atoms with Gasteiger partial charge in [-0.1, -0.05) is 23.7 Å². The molecule has 1 heterocycles. The van der Waals surface area contributed by atoms with Crippen LogP contribution in [0.25, 0.3) is 0 Å². The summed E-state index contributed by atoms with van der Waals surface area (Å²) < 4.78 is 23.6. The Balaban J connectivity index is 1.53. The van der Waals surface area contributed by atoms with Gasteiger partial charge in [0.2, 0.25) is 0 Å². The molecule has 2 aromatic carbocycles. The number of nitrogens with one attached hydrogen (secondary N) is 1. The first kappa shape index (κ1) is 21.1. The molecule has 152 valence electrons. The number of hydrogen-bond acceptors (Lipinski definition) is 4. The van der Waals surface area contributed by atoms with Crippen LogP contribution in [0.2, 0.25) is 5.02 Å². The van der Waals surface area contributed by atoms with Crippen molar-refractivity contribution < 1.29 is 18.2 Å². The van der Waals surface area contributed by atoms with Gasteiger partial charge >= 0.3 is 0 Å². The molecule has 3 rings (SSSR count). The third-order valence-corrected chi connectivity index (χ3v) is 5.58. The van der Waals surface area contributed by atoms with Crippen molar-refractivity contribution in [1.82, 2.24) is 5.32 Å². The molecule has 1 unspecified atom stereocenters. The van der Waals surface area contributed by atoms with Crippen LogP contribution in [0.15, 0.2) is 70.0 Å². The fraction of sp³-hybridized carbons (Fsp3) is 0.227. The van der Waals surface area contributed by atoms with Crippen LogP contribution < -0.4 is 10.1 Å². The van der Waals surface area contributed by atoms with E-state index in [0.29, 0.717) is 22.2 Å². The summed E-state index contributed by atoms with van der Waals surface area (Å²) in [5.41, 5.74) is 0.949. The molecule has 3 aromatic rings. The lowest BCUT2D eigenvalue weighted by molar-refractivity contribution is 0.0921. The van der Waals surface area contributed by atoms with E-state index in [9.17, 15) is 9.00 Å². The molecule has 1 N–H and O–H groups in total. The van der Waals surface area contributed by atoms with Crippen LogP contribution in [0.3, 0.4) is 0 Å². The van der Waals surface area contributed by atoms with E-state index in [1.54, 1.807) is 36.4 Å². The Morgan fingerprint density at radius 2 is 1.76 bits per heavy atom. The van der Waals surface area contributed by atoms with Crippen LogP contribution in [0, 0.1) is 0 Å². The second kappa shape index (κ2) is 9.76. The van der Waals surface area contributed by atoms with Crippen molar-refractivity contribution in [2.75, 3.05) is 0 Å². The quantitative estimate of drug-likeness (QED) is 0.547. The lowest BCUT2D eigenvalue weighted by Crippen LogP contribution is -2.22. The number of furan rings is 1. The third-order valence-electron chi connectivity index (χ3n) is 3.98. The van der Waals surface area contributed by atoms with Crippen molar-refractivity contribution >= 4 is 28.3 Å². The molecule has 0 saturated carbocycles. The number of carbonyl (C=O) groups is 1. The smallest absolute Gasteiger partial charge is 0.287 e. The topological polar surface area (TPSA) is 68.5 Å². The molecule has 7 heteroatoms. The maximum absolute atomic E-state index is 12.4. The van der Waals surface area contributed by atoms with Gasteiger partial charge in [0.05, 0.1) is 22.7 Å². The normalized spacial score (nSPS) is 12.0. The van der Waals surface area contributed by atoms with E-state index < -0.39 is 10.8 Å². The van der Waals surface area contributed by atoms with Crippen molar-refractivity contribution in [3.8, 4) is 5.75 Å².